The molecule has 0 aliphatic rings. The number of hydrogen-bond donors (Lipinski definition) is 3. The molecule has 9 heteroatoms. The average molecular weight is 400 g/mol. The third kappa shape index (κ3) is 5.64. The first kappa shape index (κ1) is 20.1. The van der Waals surface area contributed by atoms with Crippen molar-refractivity contribution in [3.63, 3.8) is 0 Å². The van der Waals surface area contributed by atoms with Gasteiger partial charge in [0.25, 0.3) is 0 Å². The molecule has 2 rings (SSSR count). The second-order valence-electron chi connectivity index (χ2n) is 5.44. The molecule has 0 aliphatic heterocycles. The fourth-order valence-corrected chi connectivity index (χ4v) is 2.56. The number of amides is 1. The second-order valence-corrected chi connectivity index (χ2v) is 6.20. The van der Waals surface area contributed by atoms with E-state index in [-0.39, 0.29) is 18.3 Å². The van der Waals surface area contributed by atoms with Crippen LogP contribution in [0, 0.1) is 5.82 Å². The number of hydrogen-bond acceptors (Lipinski definition) is 2. The summed E-state index contributed by atoms with van der Waals surface area (Å²) in [6.07, 6.45) is 0. The zero-order valence-corrected chi connectivity index (χ0v) is 16.0. The molecule has 1 aromatic carbocycles. The van der Waals surface area contributed by atoms with Crippen LogP contribution in [0.5, 0.6) is 0 Å². The Kier molecular flexibility index (Phi) is 7.29. The lowest BCUT2D eigenvalue weighted by Crippen LogP contribution is -2.41. The largest absolute Gasteiger partial charge is 0.357 e. The maximum Gasteiger partial charge on any atom is 0.243 e. The van der Waals surface area contributed by atoms with E-state index in [4.69, 9.17) is 23.2 Å². The predicted octanol–water partition coefficient (Wildman–Crippen LogP) is 3.16. The normalized spacial score (nSPS) is 11.3. The third-order valence-corrected chi connectivity index (χ3v) is 4.35. The van der Waals surface area contributed by atoms with Gasteiger partial charge < -0.3 is 20.5 Å². The van der Waals surface area contributed by atoms with Gasteiger partial charge in [0.05, 0.1) is 18.1 Å². The minimum Gasteiger partial charge on any atom is -0.357 e. The number of carbonyl (C=O) groups excluding carboxylic acids is 1. The van der Waals surface area contributed by atoms with Crippen molar-refractivity contribution in [1.29, 1.82) is 0 Å². The molecule has 0 spiro atoms. The standard InChI is InChI=1S/C17H20Cl2FN5O/c1-3-21-17(22-9-13-8-14(18)16(19)25(13)2)23-10-15(26)24-12-6-4-11(20)5-7-12/h4-8H,3,9-10H2,1-2H3,(H,24,26)(H2,21,22,23). The van der Waals surface area contributed by atoms with Gasteiger partial charge in [0.1, 0.15) is 11.0 Å². The van der Waals surface area contributed by atoms with Crippen molar-refractivity contribution in [2.45, 2.75) is 13.5 Å². The molecular weight excluding hydrogens is 380 g/mol. The maximum atomic E-state index is 12.9. The van der Waals surface area contributed by atoms with E-state index < -0.39 is 0 Å². The summed E-state index contributed by atoms with van der Waals surface area (Å²) in [4.78, 5) is 16.4. The topological polar surface area (TPSA) is 70.5 Å². The number of rotatable bonds is 6. The first-order chi connectivity index (χ1) is 12.4. The van der Waals surface area contributed by atoms with Gasteiger partial charge in [0.2, 0.25) is 5.91 Å². The quantitative estimate of drug-likeness (QED) is 0.515. The van der Waals surface area contributed by atoms with E-state index >= 15 is 0 Å². The van der Waals surface area contributed by atoms with Gasteiger partial charge in [-0.05, 0) is 37.3 Å². The highest BCUT2D eigenvalue weighted by Crippen LogP contribution is 2.25. The van der Waals surface area contributed by atoms with Gasteiger partial charge in [-0.1, -0.05) is 23.2 Å². The summed E-state index contributed by atoms with van der Waals surface area (Å²) in [5.41, 5.74) is 1.36. The van der Waals surface area contributed by atoms with Crippen LogP contribution in [0.25, 0.3) is 0 Å². The summed E-state index contributed by atoms with van der Waals surface area (Å²) in [5, 5.41) is 9.59. The Balaban J connectivity index is 1.93. The molecule has 140 valence electrons. The van der Waals surface area contributed by atoms with E-state index in [0.717, 1.165) is 5.69 Å². The predicted molar refractivity (Wildman–Crippen MR) is 103 cm³/mol. The minimum absolute atomic E-state index is 0.0118. The molecule has 0 saturated heterocycles. The average Bonchev–Trinajstić information content (AvgIpc) is 2.86. The molecule has 0 radical (unpaired) electrons. The van der Waals surface area contributed by atoms with E-state index in [1.807, 2.05) is 6.92 Å². The summed E-state index contributed by atoms with van der Waals surface area (Å²) in [7, 11) is 1.80. The van der Waals surface area contributed by atoms with Gasteiger partial charge in [-0.25, -0.2) is 9.38 Å². The number of carbonyl (C=O) groups is 1. The minimum atomic E-state index is -0.358. The summed E-state index contributed by atoms with van der Waals surface area (Å²) in [6, 6.07) is 7.30. The van der Waals surface area contributed by atoms with Crippen molar-refractivity contribution in [2.75, 3.05) is 18.4 Å². The van der Waals surface area contributed by atoms with Gasteiger partial charge in [0, 0.05) is 25.0 Å². The van der Waals surface area contributed by atoms with Crippen molar-refractivity contribution < 1.29 is 9.18 Å². The third-order valence-electron chi connectivity index (χ3n) is 3.50. The van der Waals surface area contributed by atoms with Crippen molar-refractivity contribution in [3.8, 4) is 0 Å². The Morgan fingerprint density at radius 1 is 1.23 bits per heavy atom. The molecule has 0 aliphatic carbocycles. The van der Waals surface area contributed by atoms with Crippen LogP contribution < -0.4 is 16.0 Å². The lowest BCUT2D eigenvalue weighted by atomic mass is 10.3. The van der Waals surface area contributed by atoms with Crippen LogP contribution in [-0.4, -0.2) is 29.5 Å². The lowest BCUT2D eigenvalue weighted by Gasteiger charge is -2.12. The number of nitrogens with one attached hydrogen (secondary N) is 3. The van der Waals surface area contributed by atoms with Crippen molar-refractivity contribution in [3.05, 3.63) is 52.0 Å². The first-order valence-corrected chi connectivity index (χ1v) is 8.73. The van der Waals surface area contributed by atoms with Crippen molar-refractivity contribution >= 4 is 40.8 Å². The van der Waals surface area contributed by atoms with E-state index in [1.165, 1.54) is 24.3 Å². The monoisotopic (exact) mass is 399 g/mol. The molecule has 0 bridgehead atoms. The van der Waals surface area contributed by atoms with E-state index in [9.17, 15) is 9.18 Å². The van der Waals surface area contributed by atoms with Crippen LogP contribution in [0.3, 0.4) is 0 Å². The maximum absolute atomic E-state index is 12.9. The molecule has 26 heavy (non-hydrogen) atoms. The fraction of sp³-hybridized carbons (Fsp3) is 0.294. The molecule has 0 fully saturated rings. The molecule has 1 aromatic heterocycles. The Hall–Kier alpha value is -2.25. The Morgan fingerprint density at radius 3 is 2.50 bits per heavy atom. The lowest BCUT2D eigenvalue weighted by molar-refractivity contribution is -0.115. The molecule has 1 amide bonds. The molecule has 0 unspecified atom stereocenters. The van der Waals surface area contributed by atoms with Crippen LogP contribution in [0.4, 0.5) is 10.1 Å². The number of halogens is 3. The van der Waals surface area contributed by atoms with Crippen LogP contribution >= 0.6 is 23.2 Å². The zero-order chi connectivity index (χ0) is 19.1. The fourth-order valence-electron chi connectivity index (χ4n) is 2.14. The molecule has 3 N–H and O–H groups in total. The molecule has 1 heterocycles. The van der Waals surface area contributed by atoms with Gasteiger partial charge in [-0.15, -0.1) is 0 Å². The Labute approximate surface area is 161 Å². The molecule has 0 atom stereocenters. The van der Waals surface area contributed by atoms with Crippen molar-refractivity contribution in [1.82, 2.24) is 15.2 Å². The highest BCUT2D eigenvalue weighted by Gasteiger charge is 2.09. The Morgan fingerprint density at radius 2 is 1.92 bits per heavy atom. The van der Waals surface area contributed by atoms with Crippen LogP contribution in [-0.2, 0) is 18.4 Å². The number of guanidine groups is 1. The number of anilines is 1. The molecule has 6 nitrogen and oxygen atoms in total. The summed E-state index contributed by atoms with van der Waals surface area (Å²) < 4.78 is 14.6. The number of benzene rings is 1. The SMILES string of the molecule is CCNC(=NCc1cc(Cl)c(Cl)n1C)NCC(=O)Nc1ccc(F)cc1. The van der Waals surface area contributed by atoms with E-state index in [1.54, 1.807) is 17.7 Å². The van der Waals surface area contributed by atoms with Gasteiger partial charge in [0.15, 0.2) is 5.96 Å². The smallest absolute Gasteiger partial charge is 0.243 e. The molecule has 2 aromatic rings. The van der Waals surface area contributed by atoms with Crippen LogP contribution in [0.1, 0.15) is 12.6 Å². The molecular formula is C17H20Cl2FN5O. The first-order valence-electron chi connectivity index (χ1n) is 7.98. The summed E-state index contributed by atoms with van der Waals surface area (Å²) in [6.45, 7) is 2.92. The Bertz CT molecular complexity index is 789. The molecule has 0 saturated carbocycles. The highest BCUT2D eigenvalue weighted by atomic mass is 35.5. The van der Waals surface area contributed by atoms with E-state index in [0.29, 0.717) is 34.9 Å². The number of aliphatic imine (C=N–C) groups is 1. The summed E-state index contributed by atoms with van der Waals surface area (Å²) >= 11 is 12.0. The number of aromatic nitrogens is 1. The number of nitrogens with zero attached hydrogens (tertiary/aromatic N) is 2. The zero-order valence-electron chi connectivity index (χ0n) is 14.4. The van der Waals surface area contributed by atoms with Gasteiger partial charge in [-0.3, -0.25) is 4.79 Å². The summed E-state index contributed by atoms with van der Waals surface area (Å²) in [5.74, 6) is -0.147. The van der Waals surface area contributed by atoms with Crippen LogP contribution in [0.15, 0.2) is 35.3 Å². The van der Waals surface area contributed by atoms with Gasteiger partial charge >= 0.3 is 0 Å². The second kappa shape index (κ2) is 9.45. The van der Waals surface area contributed by atoms with E-state index in [2.05, 4.69) is 20.9 Å². The highest BCUT2D eigenvalue weighted by molar-refractivity contribution is 6.41. The van der Waals surface area contributed by atoms with Crippen LogP contribution in [0.2, 0.25) is 10.2 Å². The van der Waals surface area contributed by atoms with Crippen molar-refractivity contribution in [2.24, 2.45) is 12.0 Å². The van der Waals surface area contributed by atoms with Gasteiger partial charge in [-0.2, -0.15) is 0 Å².